The smallest absolute Gasteiger partial charge is 0.277 e. The van der Waals surface area contributed by atoms with Crippen LogP contribution in [-0.4, -0.2) is 22.2 Å². The van der Waals surface area contributed by atoms with Crippen LogP contribution >= 0.6 is 23.1 Å². The van der Waals surface area contributed by atoms with Gasteiger partial charge in [-0.15, -0.1) is 21.5 Å². The van der Waals surface area contributed by atoms with Crippen LogP contribution in [0.5, 0.6) is 0 Å². The van der Waals surface area contributed by atoms with Gasteiger partial charge in [-0.05, 0) is 36.8 Å². The summed E-state index contributed by atoms with van der Waals surface area (Å²) in [6, 6.07) is 2.18. The minimum Gasteiger partial charge on any atom is -0.410 e. The molecule has 2 aromatic heterocycles. The molecule has 0 spiro atoms. The Morgan fingerprint density at radius 2 is 2.47 bits per heavy atom. The number of fused-ring (bicyclic) bond motifs is 1. The van der Waals surface area contributed by atoms with Crippen LogP contribution in [-0.2, 0) is 17.6 Å². The highest BCUT2D eigenvalue weighted by Crippen LogP contribution is 2.37. The van der Waals surface area contributed by atoms with Crippen LogP contribution in [0.25, 0.3) is 10.8 Å². The number of thioether (sulfide) groups is 1. The van der Waals surface area contributed by atoms with Crippen LogP contribution < -0.4 is 0 Å². The van der Waals surface area contributed by atoms with Gasteiger partial charge in [-0.3, -0.25) is 0 Å². The quantitative estimate of drug-likeness (QED) is 0.640. The van der Waals surface area contributed by atoms with Gasteiger partial charge in [-0.25, -0.2) is 0 Å². The zero-order valence-corrected chi connectivity index (χ0v) is 12.2. The van der Waals surface area contributed by atoms with E-state index in [4.69, 9.17) is 4.42 Å². The lowest BCUT2D eigenvalue weighted by atomic mass is 9.90. The van der Waals surface area contributed by atoms with Gasteiger partial charge in [0.25, 0.3) is 11.1 Å². The molecule has 6 heteroatoms. The summed E-state index contributed by atoms with van der Waals surface area (Å²) >= 11 is 3.02. The van der Waals surface area contributed by atoms with Crippen molar-refractivity contribution in [3.63, 3.8) is 0 Å². The number of aryl methyl sites for hydroxylation is 1. The SMILES string of the molecule is CC1CCc2sc(-c3nnc(SCC=O)o3)cc2C1. The fourth-order valence-electron chi connectivity index (χ4n) is 2.28. The number of carbonyl (C=O) groups is 1. The van der Waals surface area contributed by atoms with E-state index < -0.39 is 0 Å². The number of rotatable bonds is 4. The van der Waals surface area contributed by atoms with Gasteiger partial charge in [0.15, 0.2) is 0 Å². The second-order valence-corrected chi connectivity index (χ2v) is 6.87. The van der Waals surface area contributed by atoms with Gasteiger partial charge < -0.3 is 9.21 Å². The van der Waals surface area contributed by atoms with Crippen molar-refractivity contribution in [2.45, 2.75) is 31.4 Å². The molecule has 2 aromatic rings. The lowest BCUT2D eigenvalue weighted by Gasteiger charge is -2.16. The van der Waals surface area contributed by atoms with Crippen LogP contribution in [0.1, 0.15) is 23.8 Å². The maximum absolute atomic E-state index is 10.3. The van der Waals surface area contributed by atoms with E-state index in [9.17, 15) is 4.79 Å². The first kappa shape index (κ1) is 12.9. The fourth-order valence-corrected chi connectivity index (χ4v) is 3.86. The number of thiophene rings is 1. The molecule has 0 aliphatic heterocycles. The number of aromatic nitrogens is 2. The standard InChI is InChI=1S/C13H14N2O2S2/c1-8-2-3-10-9(6-8)7-11(19-10)12-14-15-13(17-12)18-5-4-16/h4,7-8H,2-3,5-6H2,1H3. The normalized spacial score (nSPS) is 18.3. The maximum Gasteiger partial charge on any atom is 0.277 e. The zero-order chi connectivity index (χ0) is 13.2. The minimum absolute atomic E-state index is 0.347. The summed E-state index contributed by atoms with van der Waals surface area (Å²) in [5.74, 6) is 1.68. The van der Waals surface area contributed by atoms with Gasteiger partial charge in [0.2, 0.25) is 0 Å². The van der Waals surface area contributed by atoms with Crippen molar-refractivity contribution in [2.75, 3.05) is 5.75 Å². The molecule has 0 aromatic carbocycles. The van der Waals surface area contributed by atoms with Crippen LogP contribution in [0, 0.1) is 5.92 Å². The lowest BCUT2D eigenvalue weighted by molar-refractivity contribution is -0.105. The summed E-state index contributed by atoms with van der Waals surface area (Å²) in [5.41, 5.74) is 1.43. The third-order valence-corrected chi connectivity index (χ3v) is 5.16. The van der Waals surface area contributed by atoms with Crippen molar-refractivity contribution in [2.24, 2.45) is 5.92 Å². The van der Waals surface area contributed by atoms with Gasteiger partial charge in [-0.1, -0.05) is 18.7 Å². The molecule has 0 amide bonds. The zero-order valence-electron chi connectivity index (χ0n) is 10.6. The molecule has 0 bridgehead atoms. The van der Waals surface area contributed by atoms with E-state index in [1.54, 1.807) is 11.3 Å². The molecule has 4 nitrogen and oxygen atoms in total. The summed E-state index contributed by atoms with van der Waals surface area (Å²) in [6.07, 6.45) is 4.39. The van der Waals surface area contributed by atoms with Crippen LogP contribution in [0.15, 0.2) is 15.7 Å². The second kappa shape index (κ2) is 5.46. The maximum atomic E-state index is 10.3. The molecule has 3 rings (SSSR count). The third-order valence-electron chi connectivity index (χ3n) is 3.22. The molecule has 0 saturated heterocycles. The fraction of sp³-hybridized carbons (Fsp3) is 0.462. The van der Waals surface area contributed by atoms with Crippen LogP contribution in [0.2, 0.25) is 0 Å². The van der Waals surface area contributed by atoms with Gasteiger partial charge in [0, 0.05) is 4.88 Å². The van der Waals surface area contributed by atoms with Crippen molar-refractivity contribution < 1.29 is 9.21 Å². The second-order valence-electron chi connectivity index (χ2n) is 4.76. The molecular formula is C13H14N2O2S2. The summed E-state index contributed by atoms with van der Waals surface area (Å²) < 4.78 is 5.57. The summed E-state index contributed by atoms with van der Waals surface area (Å²) in [4.78, 5) is 12.8. The molecule has 19 heavy (non-hydrogen) atoms. The Hall–Kier alpha value is -1.14. The average Bonchev–Trinajstić information content (AvgIpc) is 3.01. The van der Waals surface area contributed by atoms with E-state index >= 15 is 0 Å². The average molecular weight is 294 g/mol. The van der Waals surface area contributed by atoms with E-state index in [1.807, 2.05) is 0 Å². The van der Waals surface area contributed by atoms with E-state index in [1.165, 1.54) is 28.6 Å². The molecule has 0 saturated carbocycles. The molecule has 1 unspecified atom stereocenters. The first-order valence-corrected chi connectivity index (χ1v) is 8.08. The van der Waals surface area contributed by atoms with E-state index in [2.05, 4.69) is 23.2 Å². The Kier molecular flexibility index (Phi) is 3.70. The first-order valence-electron chi connectivity index (χ1n) is 6.28. The highest BCUT2D eigenvalue weighted by atomic mass is 32.2. The third kappa shape index (κ3) is 2.74. The lowest BCUT2D eigenvalue weighted by Crippen LogP contribution is -2.07. The molecule has 0 fully saturated rings. The molecule has 0 radical (unpaired) electrons. The topological polar surface area (TPSA) is 56.0 Å². The number of hydrogen-bond donors (Lipinski definition) is 0. The summed E-state index contributed by atoms with van der Waals surface area (Å²) in [6.45, 7) is 2.29. The monoisotopic (exact) mass is 294 g/mol. The summed E-state index contributed by atoms with van der Waals surface area (Å²) in [5, 5.41) is 8.46. The van der Waals surface area contributed by atoms with Gasteiger partial charge in [-0.2, -0.15) is 0 Å². The van der Waals surface area contributed by atoms with Crippen molar-refractivity contribution in [1.82, 2.24) is 10.2 Å². The molecule has 2 heterocycles. The molecule has 100 valence electrons. The van der Waals surface area contributed by atoms with Gasteiger partial charge in [0.05, 0.1) is 10.6 Å². The van der Waals surface area contributed by atoms with E-state index in [0.29, 0.717) is 16.9 Å². The number of aldehydes is 1. The number of carbonyl (C=O) groups excluding carboxylic acids is 1. The minimum atomic E-state index is 0.347. The number of hydrogen-bond acceptors (Lipinski definition) is 6. The molecule has 0 N–H and O–H groups in total. The Morgan fingerprint density at radius 1 is 1.58 bits per heavy atom. The highest BCUT2D eigenvalue weighted by molar-refractivity contribution is 7.99. The molecular weight excluding hydrogens is 280 g/mol. The number of nitrogens with zero attached hydrogens (tertiary/aromatic N) is 2. The Morgan fingerprint density at radius 3 is 3.32 bits per heavy atom. The van der Waals surface area contributed by atoms with Crippen molar-refractivity contribution in [3.05, 3.63) is 16.5 Å². The van der Waals surface area contributed by atoms with E-state index in [0.717, 1.165) is 29.9 Å². The Labute approximate surface area is 119 Å². The molecule has 1 atom stereocenters. The van der Waals surface area contributed by atoms with Crippen molar-refractivity contribution in [1.29, 1.82) is 0 Å². The van der Waals surface area contributed by atoms with Crippen LogP contribution in [0.4, 0.5) is 0 Å². The highest BCUT2D eigenvalue weighted by Gasteiger charge is 2.20. The van der Waals surface area contributed by atoms with E-state index in [-0.39, 0.29) is 0 Å². The summed E-state index contributed by atoms with van der Waals surface area (Å²) in [7, 11) is 0. The van der Waals surface area contributed by atoms with Crippen LogP contribution in [0.3, 0.4) is 0 Å². The van der Waals surface area contributed by atoms with Gasteiger partial charge in [0.1, 0.15) is 6.29 Å². The predicted molar refractivity (Wildman–Crippen MR) is 75.6 cm³/mol. The Balaban J connectivity index is 1.82. The molecule has 1 aliphatic carbocycles. The predicted octanol–water partition coefficient (Wildman–Crippen LogP) is 3.21. The molecule has 1 aliphatic rings. The Bertz CT molecular complexity index is 591. The van der Waals surface area contributed by atoms with Crippen molar-refractivity contribution in [3.8, 4) is 10.8 Å². The van der Waals surface area contributed by atoms with Crippen molar-refractivity contribution >= 4 is 29.4 Å². The van der Waals surface area contributed by atoms with Gasteiger partial charge >= 0.3 is 0 Å². The largest absolute Gasteiger partial charge is 0.410 e. The first-order chi connectivity index (χ1) is 9.26.